The summed E-state index contributed by atoms with van der Waals surface area (Å²) >= 11 is 3.51. The van der Waals surface area contributed by atoms with E-state index in [4.69, 9.17) is 4.98 Å². The van der Waals surface area contributed by atoms with Gasteiger partial charge in [0.2, 0.25) is 5.91 Å². The summed E-state index contributed by atoms with van der Waals surface area (Å²) in [6.07, 6.45) is 0.510. The highest BCUT2D eigenvalue weighted by atomic mass is 79.9. The van der Waals surface area contributed by atoms with Gasteiger partial charge < -0.3 is 9.47 Å². The summed E-state index contributed by atoms with van der Waals surface area (Å²) in [5.41, 5.74) is 4.48. The number of nitrogens with zero attached hydrogens (tertiary/aromatic N) is 3. The van der Waals surface area contributed by atoms with Gasteiger partial charge in [-0.3, -0.25) is 4.79 Å². The van der Waals surface area contributed by atoms with Gasteiger partial charge in [-0.2, -0.15) is 0 Å². The van der Waals surface area contributed by atoms with E-state index in [1.165, 1.54) is 5.56 Å². The molecule has 1 amide bonds. The van der Waals surface area contributed by atoms with E-state index in [0.717, 1.165) is 33.4 Å². The molecule has 3 aromatic carbocycles. The molecule has 0 spiro atoms. The Balaban J connectivity index is 1.46. The Labute approximate surface area is 184 Å². The number of hydrogen-bond acceptors (Lipinski definition) is 2. The lowest BCUT2D eigenvalue weighted by atomic mass is 10.1. The first-order valence-corrected chi connectivity index (χ1v) is 11.0. The van der Waals surface area contributed by atoms with E-state index in [1.807, 2.05) is 35.2 Å². The molecule has 2 heterocycles. The normalized spacial score (nSPS) is 16.5. The first-order chi connectivity index (χ1) is 14.7. The van der Waals surface area contributed by atoms with Crippen LogP contribution in [0.25, 0.3) is 11.0 Å². The van der Waals surface area contributed by atoms with E-state index >= 15 is 0 Å². The van der Waals surface area contributed by atoms with Gasteiger partial charge in [0.25, 0.3) is 0 Å². The smallest absolute Gasteiger partial charge is 0.223 e. The Kier molecular flexibility index (Phi) is 5.13. The molecular formula is C25H22BrN3O. The van der Waals surface area contributed by atoms with Crippen LogP contribution in [0, 0.1) is 0 Å². The predicted octanol–water partition coefficient (Wildman–Crippen LogP) is 5.36. The molecule has 1 atom stereocenters. The number of likely N-dealkylation sites (tertiary alicyclic amines) is 1. The minimum absolute atomic E-state index is 0.101. The molecule has 1 aromatic heterocycles. The van der Waals surface area contributed by atoms with Crippen LogP contribution in [0.5, 0.6) is 0 Å². The number of amides is 1. The first-order valence-electron chi connectivity index (χ1n) is 10.2. The quantitative estimate of drug-likeness (QED) is 0.402. The number of carbonyl (C=O) groups is 1. The van der Waals surface area contributed by atoms with Crippen molar-refractivity contribution in [2.75, 3.05) is 6.54 Å². The summed E-state index contributed by atoms with van der Waals surface area (Å²) in [5.74, 6) is 1.30. The third kappa shape index (κ3) is 3.77. The largest absolute Gasteiger partial charge is 0.338 e. The van der Waals surface area contributed by atoms with Crippen molar-refractivity contribution in [3.63, 3.8) is 0 Å². The fraction of sp³-hybridized carbons (Fsp3) is 0.200. The highest BCUT2D eigenvalue weighted by molar-refractivity contribution is 9.10. The average molecular weight is 460 g/mol. The van der Waals surface area contributed by atoms with Crippen molar-refractivity contribution in [3.05, 3.63) is 100 Å². The number of carbonyl (C=O) groups excluding carboxylic acids is 1. The molecule has 4 aromatic rings. The molecule has 1 fully saturated rings. The number of para-hydroxylation sites is 2. The minimum Gasteiger partial charge on any atom is -0.338 e. The minimum atomic E-state index is 0.101. The Morgan fingerprint density at radius 3 is 2.37 bits per heavy atom. The summed E-state index contributed by atoms with van der Waals surface area (Å²) in [6.45, 7) is 2.10. The van der Waals surface area contributed by atoms with Gasteiger partial charge in [0, 0.05) is 36.4 Å². The van der Waals surface area contributed by atoms with Crippen molar-refractivity contribution in [1.82, 2.24) is 14.5 Å². The van der Waals surface area contributed by atoms with Gasteiger partial charge in [-0.25, -0.2) is 4.98 Å². The Hall–Kier alpha value is -2.92. The fourth-order valence-corrected chi connectivity index (χ4v) is 4.51. The van der Waals surface area contributed by atoms with Crippen molar-refractivity contribution in [1.29, 1.82) is 0 Å². The lowest BCUT2D eigenvalue weighted by Crippen LogP contribution is -2.24. The highest BCUT2D eigenvalue weighted by Crippen LogP contribution is 2.32. The number of rotatable bonds is 5. The Bertz CT molecular complexity index is 1180. The van der Waals surface area contributed by atoms with Gasteiger partial charge in [-0.15, -0.1) is 0 Å². The fourth-order valence-electron chi connectivity index (χ4n) is 4.25. The number of hydrogen-bond donors (Lipinski definition) is 0. The zero-order chi connectivity index (χ0) is 20.5. The lowest BCUT2D eigenvalue weighted by Gasteiger charge is -2.17. The zero-order valence-corrected chi connectivity index (χ0v) is 18.1. The molecule has 5 heteroatoms. The summed E-state index contributed by atoms with van der Waals surface area (Å²) in [7, 11) is 0. The van der Waals surface area contributed by atoms with E-state index < -0.39 is 0 Å². The van der Waals surface area contributed by atoms with Gasteiger partial charge in [0.15, 0.2) is 0 Å². The summed E-state index contributed by atoms with van der Waals surface area (Å²) < 4.78 is 3.35. The molecular weight excluding hydrogens is 438 g/mol. The topological polar surface area (TPSA) is 38.1 Å². The second-order valence-corrected chi connectivity index (χ2v) is 8.75. The molecule has 1 aliphatic rings. The lowest BCUT2D eigenvalue weighted by molar-refractivity contribution is -0.128. The molecule has 30 heavy (non-hydrogen) atoms. The second kappa shape index (κ2) is 8.07. The third-order valence-electron chi connectivity index (χ3n) is 5.73. The van der Waals surface area contributed by atoms with Crippen molar-refractivity contribution < 1.29 is 4.79 Å². The molecule has 0 saturated carbocycles. The van der Waals surface area contributed by atoms with Crippen molar-refractivity contribution in [2.45, 2.75) is 25.4 Å². The van der Waals surface area contributed by atoms with Crippen LogP contribution in [0.4, 0.5) is 0 Å². The number of aromatic nitrogens is 2. The average Bonchev–Trinajstić information content (AvgIpc) is 3.31. The number of fused-ring (bicyclic) bond motifs is 1. The van der Waals surface area contributed by atoms with Gasteiger partial charge in [-0.1, -0.05) is 70.5 Å². The van der Waals surface area contributed by atoms with Crippen molar-refractivity contribution in [2.24, 2.45) is 0 Å². The van der Waals surface area contributed by atoms with E-state index in [-0.39, 0.29) is 11.8 Å². The Morgan fingerprint density at radius 1 is 0.867 bits per heavy atom. The SMILES string of the molecule is O=C1CC(c2nc3ccccc3n2Cc2ccc(Br)cc2)CN1Cc1ccccc1. The summed E-state index contributed by atoms with van der Waals surface area (Å²) in [5, 5.41) is 0. The van der Waals surface area contributed by atoms with Gasteiger partial charge in [0.05, 0.1) is 11.0 Å². The molecule has 5 rings (SSSR count). The van der Waals surface area contributed by atoms with Gasteiger partial charge >= 0.3 is 0 Å². The van der Waals surface area contributed by atoms with Crippen LogP contribution < -0.4 is 0 Å². The summed E-state index contributed by atoms with van der Waals surface area (Å²) in [4.78, 5) is 19.7. The molecule has 0 radical (unpaired) electrons. The van der Waals surface area contributed by atoms with Crippen LogP contribution in [-0.2, 0) is 17.9 Å². The van der Waals surface area contributed by atoms with Crippen LogP contribution in [0.2, 0.25) is 0 Å². The van der Waals surface area contributed by atoms with Crippen LogP contribution in [0.3, 0.4) is 0 Å². The van der Waals surface area contributed by atoms with Crippen LogP contribution >= 0.6 is 15.9 Å². The van der Waals surface area contributed by atoms with Crippen LogP contribution in [0.1, 0.15) is 29.3 Å². The molecule has 1 aliphatic heterocycles. The maximum atomic E-state index is 12.8. The molecule has 150 valence electrons. The second-order valence-electron chi connectivity index (χ2n) is 7.83. The number of benzene rings is 3. The van der Waals surface area contributed by atoms with Crippen LogP contribution in [0.15, 0.2) is 83.3 Å². The van der Waals surface area contributed by atoms with E-state index in [9.17, 15) is 4.79 Å². The molecule has 4 nitrogen and oxygen atoms in total. The van der Waals surface area contributed by atoms with Crippen LogP contribution in [-0.4, -0.2) is 26.9 Å². The van der Waals surface area contributed by atoms with Gasteiger partial charge in [0.1, 0.15) is 5.82 Å². The molecule has 1 unspecified atom stereocenters. The van der Waals surface area contributed by atoms with Crippen molar-refractivity contribution >= 4 is 32.9 Å². The number of imidazole rings is 1. The monoisotopic (exact) mass is 459 g/mol. The van der Waals surface area contributed by atoms with E-state index in [0.29, 0.717) is 19.5 Å². The zero-order valence-electron chi connectivity index (χ0n) is 16.5. The first kappa shape index (κ1) is 19.1. The predicted molar refractivity (Wildman–Crippen MR) is 122 cm³/mol. The molecule has 0 bridgehead atoms. The molecule has 0 N–H and O–H groups in total. The van der Waals surface area contributed by atoms with E-state index in [2.05, 4.69) is 69.0 Å². The summed E-state index contributed by atoms with van der Waals surface area (Å²) in [6, 6.07) is 26.8. The Morgan fingerprint density at radius 2 is 1.57 bits per heavy atom. The third-order valence-corrected chi connectivity index (χ3v) is 6.26. The standard InChI is InChI=1S/C25H22BrN3O/c26-21-12-10-19(11-13-21)16-29-23-9-5-4-8-22(23)27-25(29)20-14-24(30)28(17-20)15-18-6-2-1-3-7-18/h1-13,20H,14-17H2. The molecule has 1 saturated heterocycles. The highest BCUT2D eigenvalue weighted by Gasteiger charge is 2.34. The van der Waals surface area contributed by atoms with E-state index in [1.54, 1.807) is 0 Å². The molecule has 0 aliphatic carbocycles. The maximum Gasteiger partial charge on any atom is 0.223 e. The maximum absolute atomic E-state index is 12.8. The number of halogens is 1. The van der Waals surface area contributed by atoms with Gasteiger partial charge in [-0.05, 0) is 35.4 Å². The van der Waals surface area contributed by atoms with Crippen molar-refractivity contribution in [3.8, 4) is 0 Å².